The van der Waals surface area contributed by atoms with Crippen molar-refractivity contribution in [1.29, 1.82) is 0 Å². The van der Waals surface area contributed by atoms with Crippen molar-refractivity contribution in [3.63, 3.8) is 0 Å². The average Bonchev–Trinajstić information content (AvgIpc) is 3.15. The molecular weight excluding hydrogens is 304 g/mol. The zero-order valence-electron chi connectivity index (χ0n) is 14.3. The van der Waals surface area contributed by atoms with Gasteiger partial charge in [0.05, 0.1) is 12.6 Å². The fourth-order valence-corrected chi connectivity index (χ4v) is 3.97. The first kappa shape index (κ1) is 16.8. The molecule has 124 valence electrons. The summed E-state index contributed by atoms with van der Waals surface area (Å²) in [6.45, 7) is 10.2. The molecule has 0 spiro atoms. The van der Waals surface area contributed by atoms with Crippen LogP contribution in [0.4, 0.5) is 0 Å². The van der Waals surface area contributed by atoms with Crippen molar-refractivity contribution < 1.29 is 4.84 Å². The van der Waals surface area contributed by atoms with Crippen LogP contribution >= 0.6 is 11.8 Å². The highest BCUT2D eigenvalue weighted by Gasteiger charge is 2.46. The number of hydrogen-bond acceptors (Lipinski definition) is 4. The molecule has 0 saturated carbocycles. The third-order valence-electron chi connectivity index (χ3n) is 4.60. The molecule has 0 aliphatic carbocycles. The highest BCUT2D eigenvalue weighted by Crippen LogP contribution is 2.34. The lowest BCUT2D eigenvalue weighted by Gasteiger charge is -2.16. The lowest BCUT2D eigenvalue weighted by molar-refractivity contribution is 0.186. The van der Waals surface area contributed by atoms with E-state index in [1.54, 1.807) is 11.8 Å². The number of hydrogen-bond donors (Lipinski definition) is 0. The highest BCUT2D eigenvalue weighted by atomic mass is 32.2. The van der Waals surface area contributed by atoms with Crippen molar-refractivity contribution in [3.8, 4) is 0 Å². The second-order valence-electron chi connectivity index (χ2n) is 6.57. The van der Waals surface area contributed by atoms with Gasteiger partial charge in [-0.25, -0.2) is 0 Å². The quantitative estimate of drug-likeness (QED) is 0.716. The molecule has 0 aromatic heterocycles. The van der Waals surface area contributed by atoms with Gasteiger partial charge < -0.3 is 0 Å². The minimum atomic E-state index is 0.284. The molecule has 0 N–H and O–H groups in total. The number of hydroxylamine groups is 2. The summed E-state index contributed by atoms with van der Waals surface area (Å²) in [7, 11) is 2.20. The molecule has 2 aliphatic rings. The van der Waals surface area contributed by atoms with Gasteiger partial charge in [0.25, 0.3) is 0 Å². The SMILES string of the molecule is C=CSC(=C(C)C)c1ccc(CN2OC2C2CCCN2C)cc1. The number of benzene rings is 1. The first-order valence-electron chi connectivity index (χ1n) is 8.28. The monoisotopic (exact) mass is 330 g/mol. The molecule has 0 bridgehead atoms. The Labute approximate surface area is 143 Å². The molecular formula is C19H26N2OS. The van der Waals surface area contributed by atoms with Crippen LogP contribution in [0.3, 0.4) is 0 Å². The van der Waals surface area contributed by atoms with Crippen LogP contribution in [-0.4, -0.2) is 35.8 Å². The summed E-state index contributed by atoms with van der Waals surface area (Å²) < 4.78 is 0. The summed E-state index contributed by atoms with van der Waals surface area (Å²) >= 11 is 1.69. The topological polar surface area (TPSA) is 18.8 Å². The van der Waals surface area contributed by atoms with Crippen molar-refractivity contribution in [2.75, 3.05) is 13.6 Å². The van der Waals surface area contributed by atoms with Gasteiger partial charge in [0, 0.05) is 4.91 Å². The van der Waals surface area contributed by atoms with Gasteiger partial charge in [0.2, 0.25) is 0 Å². The van der Waals surface area contributed by atoms with E-state index in [0.717, 1.165) is 6.54 Å². The number of thioether (sulfide) groups is 1. The van der Waals surface area contributed by atoms with E-state index in [9.17, 15) is 0 Å². The first-order chi connectivity index (χ1) is 11.1. The summed E-state index contributed by atoms with van der Waals surface area (Å²) in [6, 6.07) is 9.39. The van der Waals surface area contributed by atoms with Crippen LogP contribution in [0.25, 0.3) is 4.91 Å². The lowest BCUT2D eigenvalue weighted by atomic mass is 10.1. The highest BCUT2D eigenvalue weighted by molar-refractivity contribution is 8.10. The fourth-order valence-electron chi connectivity index (χ4n) is 3.30. The zero-order valence-corrected chi connectivity index (χ0v) is 15.1. The Balaban J connectivity index is 1.60. The molecule has 4 heteroatoms. The van der Waals surface area contributed by atoms with Gasteiger partial charge in [0.15, 0.2) is 6.23 Å². The van der Waals surface area contributed by atoms with Crippen LogP contribution in [0.5, 0.6) is 0 Å². The van der Waals surface area contributed by atoms with Crippen LogP contribution in [0, 0.1) is 0 Å². The number of nitrogens with zero attached hydrogens (tertiary/aromatic N) is 2. The molecule has 3 atom stereocenters. The van der Waals surface area contributed by atoms with Crippen molar-refractivity contribution >= 4 is 16.7 Å². The minimum absolute atomic E-state index is 0.284. The van der Waals surface area contributed by atoms with Crippen molar-refractivity contribution in [1.82, 2.24) is 9.96 Å². The molecule has 23 heavy (non-hydrogen) atoms. The molecule has 2 fully saturated rings. The van der Waals surface area contributed by atoms with Crippen molar-refractivity contribution in [3.05, 3.63) is 53.0 Å². The zero-order chi connectivity index (χ0) is 16.4. The van der Waals surface area contributed by atoms with E-state index < -0.39 is 0 Å². The summed E-state index contributed by atoms with van der Waals surface area (Å²) in [6.07, 6.45) is 2.82. The average molecular weight is 330 g/mol. The van der Waals surface area contributed by atoms with E-state index in [2.05, 4.69) is 61.7 Å². The molecule has 0 radical (unpaired) electrons. The largest absolute Gasteiger partial charge is 0.299 e. The maximum Gasteiger partial charge on any atom is 0.170 e. The molecule has 1 aromatic rings. The van der Waals surface area contributed by atoms with E-state index in [4.69, 9.17) is 4.84 Å². The Morgan fingerprint density at radius 1 is 1.35 bits per heavy atom. The summed E-state index contributed by atoms with van der Waals surface area (Å²) in [5.41, 5.74) is 3.88. The second-order valence-corrected chi connectivity index (χ2v) is 7.55. The van der Waals surface area contributed by atoms with Gasteiger partial charge in [-0.3, -0.25) is 9.74 Å². The Kier molecular flexibility index (Phi) is 5.27. The van der Waals surface area contributed by atoms with Gasteiger partial charge in [0.1, 0.15) is 0 Å². The number of allylic oxidation sites excluding steroid dienone is 1. The standard InChI is InChI=1S/C19H26N2OS/c1-5-23-18(14(2)3)16-10-8-15(9-11-16)13-21-19(22-21)17-7-6-12-20(17)4/h5,8-11,17,19H,1,6-7,12-13H2,2-4H3. The predicted molar refractivity (Wildman–Crippen MR) is 98.6 cm³/mol. The number of likely N-dealkylation sites (tertiary alicyclic amines) is 1. The molecule has 3 rings (SSSR count). The Morgan fingerprint density at radius 3 is 2.65 bits per heavy atom. The molecule has 2 aliphatic heterocycles. The molecule has 3 unspecified atom stereocenters. The van der Waals surface area contributed by atoms with Crippen molar-refractivity contribution in [2.24, 2.45) is 0 Å². The molecule has 2 heterocycles. The van der Waals surface area contributed by atoms with Gasteiger partial charge in [-0.05, 0) is 56.8 Å². The molecule has 3 nitrogen and oxygen atoms in total. The van der Waals surface area contributed by atoms with Crippen LogP contribution < -0.4 is 0 Å². The predicted octanol–water partition coefficient (Wildman–Crippen LogP) is 4.48. The van der Waals surface area contributed by atoms with Gasteiger partial charge >= 0.3 is 0 Å². The number of likely N-dealkylation sites (N-methyl/N-ethyl adjacent to an activating group) is 1. The molecule has 1 aromatic carbocycles. The van der Waals surface area contributed by atoms with E-state index in [-0.39, 0.29) is 6.23 Å². The third kappa shape index (κ3) is 3.89. The molecule has 0 amide bonds. The molecule has 2 saturated heterocycles. The summed E-state index contributed by atoms with van der Waals surface area (Å²) in [5, 5.41) is 4.00. The fraction of sp³-hybridized carbons (Fsp3) is 0.474. The van der Waals surface area contributed by atoms with Gasteiger partial charge in [-0.15, -0.1) is 0 Å². The maximum absolute atomic E-state index is 5.79. The van der Waals surface area contributed by atoms with E-state index >= 15 is 0 Å². The second kappa shape index (κ2) is 7.22. The van der Waals surface area contributed by atoms with E-state index in [0.29, 0.717) is 6.04 Å². The van der Waals surface area contributed by atoms with Crippen LogP contribution in [-0.2, 0) is 11.4 Å². The van der Waals surface area contributed by atoms with E-state index in [1.165, 1.54) is 41.0 Å². The maximum atomic E-state index is 5.79. The Bertz CT molecular complexity index is 592. The normalized spacial score (nSPS) is 27.0. The summed E-state index contributed by atoms with van der Waals surface area (Å²) in [5.74, 6) is 0. The van der Waals surface area contributed by atoms with Crippen molar-refractivity contribution in [2.45, 2.75) is 45.5 Å². The smallest absolute Gasteiger partial charge is 0.170 e. The van der Waals surface area contributed by atoms with Crippen LogP contribution in [0.2, 0.25) is 0 Å². The third-order valence-corrected chi connectivity index (χ3v) is 5.64. The Hall–Kier alpha value is -1.07. The van der Waals surface area contributed by atoms with Gasteiger partial charge in [-0.1, -0.05) is 48.2 Å². The minimum Gasteiger partial charge on any atom is -0.299 e. The van der Waals surface area contributed by atoms with Gasteiger partial charge in [-0.2, -0.15) is 5.06 Å². The van der Waals surface area contributed by atoms with Crippen LogP contribution in [0.15, 0.2) is 41.8 Å². The summed E-state index contributed by atoms with van der Waals surface area (Å²) in [4.78, 5) is 9.50. The first-order valence-corrected chi connectivity index (χ1v) is 9.16. The number of rotatable bonds is 6. The Morgan fingerprint density at radius 2 is 2.09 bits per heavy atom. The van der Waals surface area contributed by atoms with E-state index in [1.807, 2.05) is 5.41 Å². The lowest BCUT2D eigenvalue weighted by Crippen LogP contribution is -2.31. The van der Waals surface area contributed by atoms with Crippen LogP contribution in [0.1, 0.15) is 37.8 Å².